The summed E-state index contributed by atoms with van der Waals surface area (Å²) in [5, 5.41) is 8.63. The molecule has 13 heavy (non-hydrogen) atoms. The van der Waals surface area contributed by atoms with E-state index in [9.17, 15) is 4.79 Å². The topological polar surface area (TPSA) is 49.8 Å². The van der Waals surface area contributed by atoms with E-state index in [1.165, 1.54) is 11.0 Å². The lowest BCUT2D eigenvalue weighted by Crippen LogP contribution is -2.34. The quantitative estimate of drug-likeness (QED) is 0.622. The molecule has 0 aromatic rings. The highest BCUT2D eigenvalue weighted by molar-refractivity contribution is 5.67. The lowest BCUT2D eigenvalue weighted by atomic mass is 10.5. The fourth-order valence-corrected chi connectivity index (χ4v) is 0.755. The van der Waals surface area contributed by atoms with Crippen LogP contribution in [0.4, 0.5) is 4.79 Å². The van der Waals surface area contributed by atoms with Crippen LogP contribution in [-0.2, 0) is 4.74 Å². The highest BCUT2D eigenvalue weighted by atomic mass is 16.6. The van der Waals surface area contributed by atoms with E-state index < -0.39 is 6.09 Å². The first-order chi connectivity index (χ1) is 6.26. The van der Waals surface area contributed by atoms with Gasteiger partial charge in [0.1, 0.15) is 6.61 Å². The van der Waals surface area contributed by atoms with Crippen molar-refractivity contribution in [2.45, 2.75) is 0 Å². The Balaban J connectivity index is 3.93. The number of aliphatic hydroxyl groups excluding tert-OH is 1. The van der Waals surface area contributed by atoms with E-state index in [1.54, 1.807) is 6.08 Å². The van der Waals surface area contributed by atoms with Crippen LogP contribution in [0.5, 0.6) is 0 Å². The van der Waals surface area contributed by atoms with Gasteiger partial charge in [0.15, 0.2) is 0 Å². The van der Waals surface area contributed by atoms with Gasteiger partial charge in [-0.25, -0.2) is 4.79 Å². The molecule has 0 atom stereocenters. The van der Waals surface area contributed by atoms with Gasteiger partial charge in [0.05, 0.1) is 6.61 Å². The lowest BCUT2D eigenvalue weighted by Gasteiger charge is -2.18. The van der Waals surface area contributed by atoms with Gasteiger partial charge in [0.2, 0.25) is 0 Å². The van der Waals surface area contributed by atoms with Crippen LogP contribution < -0.4 is 0 Å². The van der Waals surface area contributed by atoms with Gasteiger partial charge in [0, 0.05) is 13.1 Å². The zero-order chi connectivity index (χ0) is 10.1. The van der Waals surface area contributed by atoms with Gasteiger partial charge >= 0.3 is 6.09 Å². The van der Waals surface area contributed by atoms with Gasteiger partial charge in [-0.3, -0.25) is 0 Å². The Labute approximate surface area is 78.1 Å². The van der Waals surface area contributed by atoms with Crippen molar-refractivity contribution in [2.24, 2.45) is 0 Å². The Morgan fingerprint density at radius 2 is 2.15 bits per heavy atom. The Morgan fingerprint density at radius 3 is 2.62 bits per heavy atom. The van der Waals surface area contributed by atoms with Crippen molar-refractivity contribution < 1.29 is 14.6 Å². The summed E-state index contributed by atoms with van der Waals surface area (Å²) in [6.45, 7) is 7.63. The van der Waals surface area contributed by atoms with Crippen LogP contribution in [0.25, 0.3) is 0 Å². The van der Waals surface area contributed by atoms with E-state index in [1.807, 2.05) is 0 Å². The van der Waals surface area contributed by atoms with E-state index in [4.69, 9.17) is 9.84 Å². The van der Waals surface area contributed by atoms with Crippen molar-refractivity contribution in [3.63, 3.8) is 0 Å². The zero-order valence-corrected chi connectivity index (χ0v) is 7.61. The van der Waals surface area contributed by atoms with Gasteiger partial charge in [-0.2, -0.15) is 0 Å². The molecule has 0 heterocycles. The fraction of sp³-hybridized carbons (Fsp3) is 0.444. The second kappa shape index (κ2) is 7.36. The summed E-state index contributed by atoms with van der Waals surface area (Å²) in [6, 6.07) is 0. The van der Waals surface area contributed by atoms with E-state index in [0.717, 1.165) is 0 Å². The van der Waals surface area contributed by atoms with Crippen LogP contribution in [-0.4, -0.2) is 42.4 Å². The molecule has 0 aromatic heterocycles. The Hall–Kier alpha value is -1.29. The minimum absolute atomic E-state index is 0.0863. The van der Waals surface area contributed by atoms with Crippen LogP contribution >= 0.6 is 0 Å². The summed E-state index contributed by atoms with van der Waals surface area (Å²) < 4.78 is 4.77. The average Bonchev–Trinajstić information content (AvgIpc) is 2.14. The number of amides is 1. The molecule has 0 saturated heterocycles. The number of aliphatic hydroxyl groups is 1. The molecule has 0 radical (unpaired) electrons. The molecule has 4 nitrogen and oxygen atoms in total. The van der Waals surface area contributed by atoms with Crippen molar-refractivity contribution in [2.75, 3.05) is 26.3 Å². The van der Waals surface area contributed by atoms with E-state index in [0.29, 0.717) is 6.54 Å². The molecule has 0 saturated carbocycles. The number of ether oxygens (including phenoxy) is 1. The molecule has 4 heteroatoms. The summed E-state index contributed by atoms with van der Waals surface area (Å²) >= 11 is 0. The number of rotatable bonds is 6. The smallest absolute Gasteiger partial charge is 0.410 e. The summed E-state index contributed by atoms with van der Waals surface area (Å²) in [6.07, 6.45) is 2.60. The first-order valence-corrected chi connectivity index (χ1v) is 4.00. The lowest BCUT2D eigenvalue weighted by molar-refractivity contribution is 0.108. The van der Waals surface area contributed by atoms with Crippen molar-refractivity contribution in [1.29, 1.82) is 0 Å². The van der Waals surface area contributed by atoms with E-state index in [-0.39, 0.29) is 19.8 Å². The van der Waals surface area contributed by atoms with Crippen molar-refractivity contribution in [3.8, 4) is 0 Å². The monoisotopic (exact) mass is 185 g/mol. The molecule has 0 spiro atoms. The molecule has 74 valence electrons. The van der Waals surface area contributed by atoms with Crippen LogP contribution in [0.3, 0.4) is 0 Å². The standard InChI is InChI=1S/C9H15NO3/c1-3-5-10(6-7-11)9(12)13-8-4-2/h3-4,11H,1-2,5-8H2. The highest BCUT2D eigenvalue weighted by Gasteiger charge is 2.11. The zero-order valence-electron chi connectivity index (χ0n) is 7.61. The summed E-state index contributed by atoms with van der Waals surface area (Å²) in [4.78, 5) is 12.5. The Bertz CT molecular complexity index is 180. The Kier molecular flexibility index (Phi) is 6.63. The molecule has 1 amide bonds. The van der Waals surface area contributed by atoms with E-state index in [2.05, 4.69) is 13.2 Å². The van der Waals surface area contributed by atoms with Gasteiger partial charge in [-0.1, -0.05) is 18.7 Å². The molecule has 0 rings (SSSR count). The van der Waals surface area contributed by atoms with Crippen molar-refractivity contribution in [3.05, 3.63) is 25.3 Å². The molecule has 0 aliphatic heterocycles. The van der Waals surface area contributed by atoms with Crippen LogP contribution in [0, 0.1) is 0 Å². The molecular weight excluding hydrogens is 170 g/mol. The third-order valence-electron chi connectivity index (χ3n) is 1.30. The van der Waals surface area contributed by atoms with Gasteiger partial charge < -0.3 is 14.7 Å². The molecule has 0 unspecified atom stereocenters. The van der Waals surface area contributed by atoms with Crippen molar-refractivity contribution >= 4 is 6.09 Å². The number of hydrogen-bond donors (Lipinski definition) is 1. The fourth-order valence-electron chi connectivity index (χ4n) is 0.755. The number of carbonyl (C=O) groups is 1. The number of nitrogens with zero attached hydrogens (tertiary/aromatic N) is 1. The predicted molar refractivity (Wildman–Crippen MR) is 50.4 cm³/mol. The maximum absolute atomic E-state index is 11.2. The average molecular weight is 185 g/mol. The molecule has 0 bridgehead atoms. The predicted octanol–water partition coefficient (Wildman–Crippen LogP) is 0.789. The molecule has 0 fully saturated rings. The second-order valence-electron chi connectivity index (χ2n) is 2.32. The van der Waals surface area contributed by atoms with Gasteiger partial charge in [0.25, 0.3) is 0 Å². The highest BCUT2D eigenvalue weighted by Crippen LogP contribution is 1.93. The van der Waals surface area contributed by atoms with Crippen LogP contribution in [0.1, 0.15) is 0 Å². The molecular formula is C9H15NO3. The first-order valence-electron chi connectivity index (χ1n) is 4.00. The molecule has 1 N–H and O–H groups in total. The normalized spacial score (nSPS) is 9.00. The second-order valence-corrected chi connectivity index (χ2v) is 2.32. The van der Waals surface area contributed by atoms with Crippen LogP contribution in [0.2, 0.25) is 0 Å². The summed E-state index contributed by atoms with van der Waals surface area (Å²) in [7, 11) is 0. The van der Waals surface area contributed by atoms with Crippen molar-refractivity contribution in [1.82, 2.24) is 4.90 Å². The summed E-state index contributed by atoms with van der Waals surface area (Å²) in [5.41, 5.74) is 0. The maximum Gasteiger partial charge on any atom is 0.410 e. The number of hydrogen-bond acceptors (Lipinski definition) is 3. The third-order valence-corrected chi connectivity index (χ3v) is 1.30. The van der Waals surface area contributed by atoms with E-state index >= 15 is 0 Å². The largest absolute Gasteiger partial charge is 0.445 e. The third kappa shape index (κ3) is 5.03. The van der Waals surface area contributed by atoms with Gasteiger partial charge in [-0.05, 0) is 0 Å². The summed E-state index contributed by atoms with van der Waals surface area (Å²) in [5.74, 6) is 0. The maximum atomic E-state index is 11.2. The Morgan fingerprint density at radius 1 is 1.46 bits per heavy atom. The van der Waals surface area contributed by atoms with Crippen LogP contribution in [0.15, 0.2) is 25.3 Å². The number of carbonyl (C=O) groups excluding carboxylic acids is 1. The minimum atomic E-state index is -0.464. The minimum Gasteiger partial charge on any atom is -0.445 e. The molecule has 0 aliphatic rings. The molecule has 0 aromatic carbocycles. The molecule has 0 aliphatic carbocycles. The first kappa shape index (κ1) is 11.7. The SMILES string of the molecule is C=CCOC(=O)N(CC=C)CCO. The van der Waals surface area contributed by atoms with Gasteiger partial charge in [-0.15, -0.1) is 6.58 Å².